The Balaban J connectivity index is 1.35. The summed E-state index contributed by atoms with van der Waals surface area (Å²) in [7, 11) is 0. The first-order valence-electron chi connectivity index (χ1n) is 8.33. The molecule has 2 aromatic carbocycles. The molecular formula is C20H16ClN3O3. The van der Waals surface area contributed by atoms with Crippen molar-refractivity contribution in [1.82, 2.24) is 4.98 Å². The summed E-state index contributed by atoms with van der Waals surface area (Å²) in [6.07, 6.45) is 1.63. The summed E-state index contributed by atoms with van der Waals surface area (Å²) in [6, 6.07) is 16.2. The van der Waals surface area contributed by atoms with Crippen LogP contribution in [0.4, 0.5) is 11.4 Å². The molecule has 1 aliphatic rings. The van der Waals surface area contributed by atoms with Crippen LogP contribution in [0.1, 0.15) is 16.1 Å². The van der Waals surface area contributed by atoms with Crippen molar-refractivity contribution in [3.05, 3.63) is 77.1 Å². The molecule has 0 aliphatic carbocycles. The molecule has 27 heavy (non-hydrogen) atoms. The van der Waals surface area contributed by atoms with Crippen molar-refractivity contribution >= 4 is 28.9 Å². The Hall–Kier alpha value is -3.25. The molecule has 0 spiro atoms. The molecule has 1 aromatic heterocycles. The summed E-state index contributed by atoms with van der Waals surface area (Å²) < 4.78 is 10.7. The first-order valence-corrected chi connectivity index (χ1v) is 8.70. The van der Waals surface area contributed by atoms with Gasteiger partial charge in [-0.15, -0.1) is 0 Å². The fraction of sp³-hybridized carbons (Fsp3) is 0.100. The smallest absolute Gasteiger partial charge is 0.274 e. The van der Waals surface area contributed by atoms with Gasteiger partial charge in [-0.2, -0.15) is 0 Å². The van der Waals surface area contributed by atoms with Crippen molar-refractivity contribution in [2.45, 2.75) is 6.54 Å². The minimum absolute atomic E-state index is 0.260. The number of pyridine rings is 1. The molecule has 2 N–H and O–H groups in total. The maximum absolute atomic E-state index is 12.2. The zero-order valence-corrected chi connectivity index (χ0v) is 15.0. The number of benzene rings is 2. The predicted molar refractivity (Wildman–Crippen MR) is 104 cm³/mol. The number of fused-ring (bicyclic) bond motifs is 1. The standard InChI is InChI=1S/C20H16ClN3O3/c21-14-2-4-15(5-3-14)24-20(25)17-7-6-16(11-23-17)22-10-13-1-8-18-19(9-13)27-12-26-18/h1-9,11,22H,10,12H2,(H,24,25). The topological polar surface area (TPSA) is 72.5 Å². The highest BCUT2D eigenvalue weighted by Gasteiger charge is 2.13. The molecule has 4 rings (SSSR count). The number of amides is 1. The maximum atomic E-state index is 12.2. The highest BCUT2D eigenvalue weighted by atomic mass is 35.5. The largest absolute Gasteiger partial charge is 0.454 e. The van der Waals surface area contributed by atoms with E-state index in [1.54, 1.807) is 36.5 Å². The number of nitrogens with one attached hydrogen (secondary N) is 2. The van der Waals surface area contributed by atoms with Gasteiger partial charge in [-0.3, -0.25) is 4.79 Å². The van der Waals surface area contributed by atoms with Crippen molar-refractivity contribution in [3.8, 4) is 11.5 Å². The Bertz CT molecular complexity index is 959. The second kappa shape index (κ2) is 7.55. The Kier molecular flexibility index (Phi) is 4.80. The summed E-state index contributed by atoms with van der Waals surface area (Å²) >= 11 is 5.84. The van der Waals surface area contributed by atoms with E-state index < -0.39 is 0 Å². The third-order valence-electron chi connectivity index (χ3n) is 4.03. The van der Waals surface area contributed by atoms with E-state index in [2.05, 4.69) is 15.6 Å². The highest BCUT2D eigenvalue weighted by Crippen LogP contribution is 2.32. The molecule has 0 unspecified atom stereocenters. The van der Waals surface area contributed by atoms with Gasteiger partial charge in [0.1, 0.15) is 5.69 Å². The fourth-order valence-electron chi connectivity index (χ4n) is 2.62. The van der Waals surface area contributed by atoms with E-state index in [4.69, 9.17) is 21.1 Å². The van der Waals surface area contributed by atoms with Gasteiger partial charge < -0.3 is 20.1 Å². The van der Waals surface area contributed by atoms with Gasteiger partial charge in [0.05, 0.1) is 11.9 Å². The zero-order valence-electron chi connectivity index (χ0n) is 14.2. The molecule has 1 amide bonds. The normalized spacial score (nSPS) is 11.9. The number of halogens is 1. The van der Waals surface area contributed by atoms with Crippen molar-refractivity contribution in [3.63, 3.8) is 0 Å². The molecule has 0 bridgehead atoms. The van der Waals surface area contributed by atoms with Gasteiger partial charge >= 0.3 is 0 Å². The fourth-order valence-corrected chi connectivity index (χ4v) is 2.74. The molecule has 136 valence electrons. The van der Waals surface area contributed by atoms with Crippen LogP contribution in [0.2, 0.25) is 5.02 Å². The minimum atomic E-state index is -0.278. The number of nitrogens with zero attached hydrogens (tertiary/aromatic N) is 1. The van der Waals surface area contributed by atoms with Gasteiger partial charge in [0.15, 0.2) is 11.5 Å². The van der Waals surface area contributed by atoms with Crippen LogP contribution in [-0.4, -0.2) is 17.7 Å². The summed E-state index contributed by atoms with van der Waals surface area (Å²) in [6.45, 7) is 0.865. The predicted octanol–water partition coefficient (Wildman–Crippen LogP) is 4.33. The van der Waals surface area contributed by atoms with Gasteiger partial charge in [0.25, 0.3) is 5.91 Å². The molecule has 0 atom stereocenters. The van der Waals surface area contributed by atoms with E-state index in [1.165, 1.54) is 0 Å². The van der Waals surface area contributed by atoms with Gasteiger partial charge in [0.2, 0.25) is 6.79 Å². The van der Waals surface area contributed by atoms with Crippen LogP contribution in [0.15, 0.2) is 60.8 Å². The number of rotatable bonds is 5. The number of hydrogen-bond acceptors (Lipinski definition) is 5. The number of hydrogen-bond donors (Lipinski definition) is 2. The highest BCUT2D eigenvalue weighted by molar-refractivity contribution is 6.30. The van der Waals surface area contributed by atoms with Crippen LogP contribution in [0.5, 0.6) is 11.5 Å². The minimum Gasteiger partial charge on any atom is -0.454 e. The molecule has 0 saturated heterocycles. The summed E-state index contributed by atoms with van der Waals surface area (Å²) in [5, 5.41) is 6.66. The van der Waals surface area contributed by atoms with E-state index in [9.17, 15) is 4.79 Å². The molecule has 0 saturated carbocycles. The molecule has 7 heteroatoms. The van der Waals surface area contributed by atoms with Crippen molar-refractivity contribution in [2.24, 2.45) is 0 Å². The first kappa shape index (κ1) is 17.2. The number of carbonyl (C=O) groups excluding carboxylic acids is 1. The first-order chi connectivity index (χ1) is 13.2. The van der Waals surface area contributed by atoms with E-state index >= 15 is 0 Å². The van der Waals surface area contributed by atoms with Crippen molar-refractivity contribution in [1.29, 1.82) is 0 Å². The van der Waals surface area contributed by atoms with E-state index in [0.717, 1.165) is 22.7 Å². The van der Waals surface area contributed by atoms with Crippen LogP contribution in [-0.2, 0) is 6.54 Å². The molecule has 2 heterocycles. The second-order valence-corrected chi connectivity index (χ2v) is 6.37. The van der Waals surface area contributed by atoms with Crippen LogP contribution in [0.25, 0.3) is 0 Å². The Morgan fingerprint density at radius 2 is 1.78 bits per heavy atom. The average Bonchev–Trinajstić information content (AvgIpc) is 3.16. The Morgan fingerprint density at radius 3 is 2.56 bits per heavy atom. The van der Waals surface area contributed by atoms with Crippen LogP contribution in [0, 0.1) is 0 Å². The van der Waals surface area contributed by atoms with Gasteiger partial charge in [-0.25, -0.2) is 4.98 Å². The quantitative estimate of drug-likeness (QED) is 0.688. The Labute approximate surface area is 161 Å². The van der Waals surface area contributed by atoms with Crippen LogP contribution >= 0.6 is 11.6 Å². The molecule has 0 fully saturated rings. The maximum Gasteiger partial charge on any atom is 0.274 e. The third kappa shape index (κ3) is 4.12. The van der Waals surface area contributed by atoms with Gasteiger partial charge in [-0.1, -0.05) is 17.7 Å². The van der Waals surface area contributed by atoms with E-state index in [0.29, 0.717) is 22.9 Å². The monoisotopic (exact) mass is 381 g/mol. The number of anilines is 2. The van der Waals surface area contributed by atoms with Gasteiger partial charge in [0, 0.05) is 17.3 Å². The molecular weight excluding hydrogens is 366 g/mol. The van der Waals surface area contributed by atoms with Crippen LogP contribution < -0.4 is 20.1 Å². The van der Waals surface area contributed by atoms with Crippen molar-refractivity contribution < 1.29 is 14.3 Å². The lowest BCUT2D eigenvalue weighted by Crippen LogP contribution is -2.13. The number of aromatic nitrogens is 1. The molecule has 3 aromatic rings. The Morgan fingerprint density at radius 1 is 1.00 bits per heavy atom. The summed E-state index contributed by atoms with van der Waals surface area (Å²) in [4.78, 5) is 16.5. The summed E-state index contributed by atoms with van der Waals surface area (Å²) in [5.74, 6) is 1.23. The SMILES string of the molecule is O=C(Nc1ccc(Cl)cc1)c1ccc(NCc2ccc3c(c2)OCO3)cn1. The second-order valence-electron chi connectivity index (χ2n) is 5.93. The molecule has 1 aliphatic heterocycles. The number of ether oxygens (including phenoxy) is 2. The summed E-state index contributed by atoms with van der Waals surface area (Å²) in [5.41, 5.74) is 2.87. The lowest BCUT2D eigenvalue weighted by molar-refractivity contribution is 0.102. The number of carbonyl (C=O) groups is 1. The molecule has 6 nitrogen and oxygen atoms in total. The lowest BCUT2D eigenvalue weighted by atomic mass is 10.2. The zero-order chi connectivity index (χ0) is 18.6. The average molecular weight is 382 g/mol. The van der Waals surface area contributed by atoms with Crippen molar-refractivity contribution in [2.75, 3.05) is 17.4 Å². The van der Waals surface area contributed by atoms with E-state index in [-0.39, 0.29) is 12.7 Å². The van der Waals surface area contributed by atoms with Crippen LogP contribution in [0.3, 0.4) is 0 Å². The van der Waals surface area contributed by atoms with Gasteiger partial charge in [-0.05, 0) is 54.1 Å². The lowest BCUT2D eigenvalue weighted by Gasteiger charge is -2.08. The van der Waals surface area contributed by atoms with E-state index in [1.807, 2.05) is 24.3 Å². The molecule has 0 radical (unpaired) electrons. The third-order valence-corrected chi connectivity index (χ3v) is 4.28.